The molecule has 3 aromatic carbocycles. The second kappa shape index (κ2) is 8.79. The number of benzene rings is 3. The molecule has 0 atom stereocenters. The highest BCUT2D eigenvalue weighted by atomic mass is 35.5. The molecule has 0 bridgehead atoms. The number of rotatable bonds is 6. The summed E-state index contributed by atoms with van der Waals surface area (Å²) in [5, 5.41) is 4.03. The standard InChI is InChI=1S/C20H14Cl3F2NO/c21-14-2-6-20(27-11-12-1-3-15(24)8-17(12)22)13(7-14)10-26-16-4-5-19(25)18(23)9-16/h1-9,26H,10-11H2. The number of hydrogen-bond acceptors (Lipinski definition) is 2. The minimum Gasteiger partial charge on any atom is -0.488 e. The van der Waals surface area contributed by atoms with Crippen molar-refractivity contribution in [3.63, 3.8) is 0 Å². The summed E-state index contributed by atoms with van der Waals surface area (Å²) >= 11 is 17.9. The molecule has 0 spiro atoms. The van der Waals surface area contributed by atoms with E-state index in [-0.39, 0.29) is 11.6 Å². The summed E-state index contributed by atoms with van der Waals surface area (Å²) in [5.41, 5.74) is 2.12. The monoisotopic (exact) mass is 427 g/mol. The lowest BCUT2D eigenvalue weighted by Crippen LogP contribution is -2.04. The SMILES string of the molecule is Fc1ccc(COc2ccc(Cl)cc2CNc2ccc(F)c(Cl)c2)c(Cl)c1. The number of nitrogens with one attached hydrogen (secondary N) is 1. The summed E-state index contributed by atoms with van der Waals surface area (Å²) in [5.74, 6) is -0.288. The molecular weight excluding hydrogens is 415 g/mol. The van der Waals surface area contributed by atoms with Gasteiger partial charge in [0.15, 0.2) is 0 Å². The van der Waals surface area contributed by atoms with Crippen LogP contribution in [0.4, 0.5) is 14.5 Å². The van der Waals surface area contributed by atoms with Gasteiger partial charge in [-0.25, -0.2) is 8.78 Å². The Morgan fingerprint density at radius 2 is 1.63 bits per heavy atom. The molecule has 0 heterocycles. The molecule has 0 fully saturated rings. The van der Waals surface area contributed by atoms with Crippen LogP contribution in [0.2, 0.25) is 15.1 Å². The van der Waals surface area contributed by atoms with Gasteiger partial charge in [-0.05, 0) is 48.5 Å². The van der Waals surface area contributed by atoms with E-state index >= 15 is 0 Å². The summed E-state index contributed by atoms with van der Waals surface area (Å²) in [6, 6.07) is 13.7. The Kier molecular flexibility index (Phi) is 6.42. The molecule has 0 aromatic heterocycles. The zero-order chi connectivity index (χ0) is 19.4. The van der Waals surface area contributed by atoms with Gasteiger partial charge in [0.05, 0.1) is 10.0 Å². The fourth-order valence-electron chi connectivity index (χ4n) is 2.42. The van der Waals surface area contributed by atoms with Crippen molar-refractivity contribution in [2.75, 3.05) is 5.32 Å². The van der Waals surface area contributed by atoms with Crippen LogP contribution < -0.4 is 10.1 Å². The molecule has 3 aromatic rings. The first-order chi connectivity index (χ1) is 12.9. The van der Waals surface area contributed by atoms with E-state index in [9.17, 15) is 8.78 Å². The Balaban J connectivity index is 1.73. The van der Waals surface area contributed by atoms with Crippen molar-refractivity contribution in [2.24, 2.45) is 0 Å². The van der Waals surface area contributed by atoms with Crippen LogP contribution in [0.3, 0.4) is 0 Å². The Morgan fingerprint density at radius 3 is 2.37 bits per heavy atom. The third-order valence-electron chi connectivity index (χ3n) is 3.82. The van der Waals surface area contributed by atoms with Gasteiger partial charge in [0.2, 0.25) is 0 Å². The summed E-state index contributed by atoms with van der Waals surface area (Å²) in [4.78, 5) is 0. The number of anilines is 1. The topological polar surface area (TPSA) is 21.3 Å². The van der Waals surface area contributed by atoms with Crippen molar-refractivity contribution < 1.29 is 13.5 Å². The van der Waals surface area contributed by atoms with Crippen LogP contribution >= 0.6 is 34.8 Å². The minimum absolute atomic E-state index is 0.0357. The summed E-state index contributed by atoms with van der Waals surface area (Å²) in [6.07, 6.45) is 0. The highest BCUT2D eigenvalue weighted by molar-refractivity contribution is 6.31. The summed E-state index contributed by atoms with van der Waals surface area (Å²) < 4.78 is 32.3. The summed E-state index contributed by atoms with van der Waals surface area (Å²) in [7, 11) is 0. The first-order valence-corrected chi connectivity index (χ1v) is 9.10. The number of halogens is 5. The largest absolute Gasteiger partial charge is 0.488 e. The first-order valence-electron chi connectivity index (χ1n) is 7.96. The molecule has 0 aliphatic rings. The minimum atomic E-state index is -0.481. The van der Waals surface area contributed by atoms with Crippen LogP contribution in [0, 0.1) is 11.6 Å². The fraction of sp³-hybridized carbons (Fsp3) is 0.100. The van der Waals surface area contributed by atoms with Crippen LogP contribution in [0.1, 0.15) is 11.1 Å². The smallest absolute Gasteiger partial charge is 0.141 e. The van der Waals surface area contributed by atoms with Gasteiger partial charge in [0.1, 0.15) is 24.0 Å². The lowest BCUT2D eigenvalue weighted by Gasteiger charge is -2.14. The van der Waals surface area contributed by atoms with Gasteiger partial charge in [0, 0.05) is 28.4 Å². The van der Waals surface area contributed by atoms with Crippen molar-refractivity contribution in [3.8, 4) is 5.75 Å². The Morgan fingerprint density at radius 1 is 0.815 bits per heavy atom. The molecule has 0 radical (unpaired) electrons. The molecule has 0 saturated heterocycles. The highest BCUT2D eigenvalue weighted by Gasteiger charge is 2.09. The Hall–Kier alpha value is -2.01. The van der Waals surface area contributed by atoms with Crippen molar-refractivity contribution in [1.29, 1.82) is 0 Å². The zero-order valence-electron chi connectivity index (χ0n) is 13.9. The molecule has 0 saturated carbocycles. The van der Waals surface area contributed by atoms with Gasteiger partial charge in [-0.15, -0.1) is 0 Å². The fourth-order valence-corrected chi connectivity index (χ4v) is 3.02. The second-order valence-corrected chi connectivity index (χ2v) is 7.01. The van der Waals surface area contributed by atoms with E-state index in [0.29, 0.717) is 33.6 Å². The van der Waals surface area contributed by atoms with Crippen molar-refractivity contribution in [2.45, 2.75) is 13.2 Å². The first kappa shape index (κ1) is 19.7. The van der Waals surface area contributed by atoms with Crippen LogP contribution in [-0.2, 0) is 13.2 Å². The summed E-state index contributed by atoms with van der Waals surface area (Å²) in [6.45, 7) is 0.561. The number of ether oxygens (including phenoxy) is 1. The van der Waals surface area contributed by atoms with Crippen molar-refractivity contribution in [3.05, 3.63) is 92.4 Å². The van der Waals surface area contributed by atoms with E-state index in [1.807, 2.05) is 0 Å². The van der Waals surface area contributed by atoms with Gasteiger partial charge in [-0.2, -0.15) is 0 Å². The molecular formula is C20H14Cl3F2NO. The highest BCUT2D eigenvalue weighted by Crippen LogP contribution is 2.27. The van der Waals surface area contributed by atoms with E-state index in [0.717, 1.165) is 5.56 Å². The normalized spacial score (nSPS) is 10.7. The maximum Gasteiger partial charge on any atom is 0.141 e. The van der Waals surface area contributed by atoms with Crippen molar-refractivity contribution >= 4 is 40.5 Å². The average Bonchev–Trinajstić information content (AvgIpc) is 2.63. The predicted octanol–water partition coefficient (Wildman–Crippen LogP) is 7.12. The van der Waals surface area contributed by atoms with E-state index < -0.39 is 11.6 Å². The molecule has 0 amide bonds. The molecule has 0 aliphatic carbocycles. The third kappa shape index (κ3) is 5.25. The number of hydrogen-bond donors (Lipinski definition) is 1. The molecule has 140 valence electrons. The van der Waals surface area contributed by atoms with Crippen LogP contribution in [0.25, 0.3) is 0 Å². The predicted molar refractivity (Wildman–Crippen MR) is 106 cm³/mol. The Labute approximate surface area is 170 Å². The van der Waals surface area contributed by atoms with E-state index in [2.05, 4.69) is 5.32 Å². The molecule has 3 rings (SSSR count). The van der Waals surface area contributed by atoms with E-state index in [4.69, 9.17) is 39.5 Å². The van der Waals surface area contributed by atoms with E-state index in [1.165, 1.54) is 24.3 Å². The zero-order valence-corrected chi connectivity index (χ0v) is 16.2. The van der Waals surface area contributed by atoms with Crippen LogP contribution in [-0.4, -0.2) is 0 Å². The lowest BCUT2D eigenvalue weighted by molar-refractivity contribution is 0.303. The molecule has 7 heteroatoms. The van der Waals surface area contributed by atoms with Gasteiger partial charge in [0.25, 0.3) is 0 Å². The third-order valence-corrected chi connectivity index (χ3v) is 4.70. The van der Waals surface area contributed by atoms with Crippen molar-refractivity contribution in [1.82, 2.24) is 0 Å². The molecule has 0 aliphatic heterocycles. The average molecular weight is 429 g/mol. The second-order valence-electron chi connectivity index (χ2n) is 5.76. The molecule has 2 nitrogen and oxygen atoms in total. The van der Waals surface area contributed by atoms with Gasteiger partial charge in [-0.3, -0.25) is 0 Å². The maximum absolute atomic E-state index is 13.3. The quantitative estimate of drug-likeness (QED) is 0.451. The van der Waals surface area contributed by atoms with Crippen LogP contribution in [0.15, 0.2) is 54.6 Å². The lowest BCUT2D eigenvalue weighted by atomic mass is 10.2. The molecule has 0 unspecified atom stereocenters. The maximum atomic E-state index is 13.3. The Bertz CT molecular complexity index is 966. The van der Waals surface area contributed by atoms with Gasteiger partial charge >= 0.3 is 0 Å². The molecule has 1 N–H and O–H groups in total. The molecule has 27 heavy (non-hydrogen) atoms. The van der Waals surface area contributed by atoms with Gasteiger partial charge in [-0.1, -0.05) is 40.9 Å². The van der Waals surface area contributed by atoms with Gasteiger partial charge < -0.3 is 10.1 Å². The van der Waals surface area contributed by atoms with Crippen LogP contribution in [0.5, 0.6) is 5.75 Å². The van der Waals surface area contributed by atoms with E-state index in [1.54, 1.807) is 30.3 Å².